The van der Waals surface area contributed by atoms with Crippen LogP contribution in [0.4, 0.5) is 0 Å². The van der Waals surface area contributed by atoms with Crippen molar-refractivity contribution in [3.63, 3.8) is 0 Å². The molecule has 0 aliphatic carbocycles. The molecule has 0 atom stereocenters. The molecule has 2 heterocycles. The third kappa shape index (κ3) is 17.4. The van der Waals surface area contributed by atoms with Crippen LogP contribution in [0.5, 0.6) is 11.5 Å². The van der Waals surface area contributed by atoms with Crippen molar-refractivity contribution < 1.29 is 18.6 Å². The van der Waals surface area contributed by atoms with Gasteiger partial charge < -0.3 is 9.47 Å². The minimum Gasteiger partial charge on any atom is -0.494 e. The fourth-order valence-electron chi connectivity index (χ4n) is 6.28. The number of rotatable bonds is 27. The Kier molecular flexibility index (Phi) is 20.1. The van der Waals surface area contributed by atoms with Gasteiger partial charge in [0.25, 0.3) is 0 Å². The van der Waals surface area contributed by atoms with E-state index < -0.39 is 0 Å². The molecule has 0 N–H and O–H groups in total. The van der Waals surface area contributed by atoms with Crippen LogP contribution in [0.3, 0.4) is 0 Å². The smallest absolute Gasteiger partial charge is 0.169 e. The molecule has 0 amide bonds. The molecule has 278 valence electrons. The van der Waals surface area contributed by atoms with E-state index in [2.05, 4.69) is 145 Å². The summed E-state index contributed by atoms with van der Waals surface area (Å²) in [5, 5.41) is 0. The minimum absolute atomic E-state index is 0.810. The number of aryl methyl sites for hydroxylation is 2. The molecule has 4 heteroatoms. The molecule has 4 nitrogen and oxygen atoms in total. The number of hydrogen-bond acceptors (Lipinski definition) is 2. The van der Waals surface area contributed by atoms with Gasteiger partial charge in [-0.2, -0.15) is 0 Å². The summed E-state index contributed by atoms with van der Waals surface area (Å²) in [4.78, 5) is 0. The molecule has 2 aromatic carbocycles. The summed E-state index contributed by atoms with van der Waals surface area (Å²) in [5.74, 6) is 1.93. The summed E-state index contributed by atoms with van der Waals surface area (Å²) in [6.07, 6.45) is 37.8. The zero-order chi connectivity index (χ0) is 36.3. The van der Waals surface area contributed by atoms with E-state index in [9.17, 15) is 0 Å². The van der Waals surface area contributed by atoms with Crippen LogP contribution < -0.4 is 18.6 Å². The number of hydrogen-bond donors (Lipinski definition) is 0. The molecule has 0 fully saturated rings. The lowest BCUT2D eigenvalue weighted by atomic mass is 10.1. The van der Waals surface area contributed by atoms with Crippen LogP contribution in [-0.4, -0.2) is 13.2 Å². The Bertz CT molecular complexity index is 1400. The van der Waals surface area contributed by atoms with Crippen LogP contribution in [0.1, 0.15) is 139 Å². The SMILES string of the molecule is CCCCCCCOc1ccc(/C=C/c2cc[n+](CCCCCCCC[n+]3ccc(/C=C/c4ccc(OCCCCCCC)cc4)cc3)cc2)cc1. The minimum atomic E-state index is 0.810. The standard InChI is InChI=1S/C48H66N2O2/c1-3-5-7-13-17-41-51-47-27-23-43(24-28-47)19-21-45-31-37-49(38-32-45)35-15-11-9-10-12-16-36-50-39-33-46(34-40-50)22-20-44-25-29-48(30-26-44)52-42-18-14-8-6-4-2/h19-34,37-40H,3-18,35-36,41-42H2,1-2H3/q+2/b21-19+,22-20+. The van der Waals surface area contributed by atoms with Crippen LogP contribution in [0.2, 0.25) is 0 Å². The van der Waals surface area contributed by atoms with Crippen LogP contribution >= 0.6 is 0 Å². The van der Waals surface area contributed by atoms with E-state index in [-0.39, 0.29) is 0 Å². The lowest BCUT2D eigenvalue weighted by Gasteiger charge is -2.06. The van der Waals surface area contributed by atoms with E-state index in [1.165, 1.54) is 112 Å². The van der Waals surface area contributed by atoms with Crippen LogP contribution in [0.25, 0.3) is 24.3 Å². The van der Waals surface area contributed by atoms with Gasteiger partial charge in [-0.25, -0.2) is 9.13 Å². The number of benzene rings is 2. The lowest BCUT2D eigenvalue weighted by Crippen LogP contribution is -2.32. The highest BCUT2D eigenvalue weighted by molar-refractivity contribution is 5.70. The van der Waals surface area contributed by atoms with E-state index in [0.717, 1.165) is 50.6 Å². The van der Waals surface area contributed by atoms with Gasteiger partial charge >= 0.3 is 0 Å². The lowest BCUT2D eigenvalue weighted by molar-refractivity contribution is -0.697. The van der Waals surface area contributed by atoms with Gasteiger partial charge in [-0.05, 0) is 72.2 Å². The quantitative estimate of drug-likeness (QED) is 0.0457. The molecule has 0 saturated carbocycles. The average Bonchev–Trinajstić information content (AvgIpc) is 3.19. The number of aromatic nitrogens is 2. The summed E-state index contributed by atoms with van der Waals surface area (Å²) < 4.78 is 16.4. The van der Waals surface area contributed by atoms with Gasteiger partial charge in [0.1, 0.15) is 24.6 Å². The van der Waals surface area contributed by atoms with Gasteiger partial charge in [0.05, 0.1) is 13.2 Å². The van der Waals surface area contributed by atoms with Gasteiger partial charge in [-0.15, -0.1) is 0 Å². The molecule has 0 bridgehead atoms. The zero-order valence-electron chi connectivity index (χ0n) is 32.4. The first-order valence-electron chi connectivity index (χ1n) is 20.5. The molecule has 0 saturated heterocycles. The third-order valence-corrected chi connectivity index (χ3v) is 9.65. The van der Waals surface area contributed by atoms with Crippen molar-refractivity contribution >= 4 is 24.3 Å². The van der Waals surface area contributed by atoms with E-state index in [0.29, 0.717) is 0 Å². The van der Waals surface area contributed by atoms with Crippen molar-refractivity contribution in [3.8, 4) is 11.5 Å². The number of nitrogens with zero attached hydrogens (tertiary/aromatic N) is 2. The van der Waals surface area contributed by atoms with Gasteiger partial charge in [-0.3, -0.25) is 0 Å². The molecule has 0 aliphatic rings. The summed E-state index contributed by atoms with van der Waals surface area (Å²) in [6.45, 7) is 8.29. The molecular formula is C48H66N2O2+2. The van der Waals surface area contributed by atoms with Crippen LogP contribution in [0.15, 0.2) is 97.6 Å². The molecule has 0 unspecified atom stereocenters. The Hall–Kier alpha value is -4.18. The Morgan fingerprint density at radius 2 is 0.673 bits per heavy atom. The van der Waals surface area contributed by atoms with E-state index in [1.54, 1.807) is 0 Å². The monoisotopic (exact) mass is 703 g/mol. The number of ether oxygens (including phenoxy) is 2. The fraction of sp³-hybridized carbons (Fsp3) is 0.458. The highest BCUT2D eigenvalue weighted by atomic mass is 16.5. The Morgan fingerprint density at radius 3 is 1.04 bits per heavy atom. The maximum absolute atomic E-state index is 5.90. The zero-order valence-corrected chi connectivity index (χ0v) is 32.4. The van der Waals surface area contributed by atoms with Gasteiger partial charge in [0.2, 0.25) is 0 Å². The first-order valence-corrected chi connectivity index (χ1v) is 20.5. The van der Waals surface area contributed by atoms with Crippen LogP contribution in [0, 0.1) is 0 Å². The Labute approximate surface area is 316 Å². The predicted molar refractivity (Wildman–Crippen MR) is 220 cm³/mol. The molecule has 4 aromatic rings. The largest absolute Gasteiger partial charge is 0.494 e. The van der Waals surface area contributed by atoms with E-state index in [4.69, 9.17) is 9.47 Å². The first-order chi connectivity index (χ1) is 25.7. The highest BCUT2D eigenvalue weighted by Gasteiger charge is 2.03. The van der Waals surface area contributed by atoms with Crippen molar-refractivity contribution in [1.82, 2.24) is 0 Å². The second-order valence-corrected chi connectivity index (χ2v) is 14.2. The molecule has 52 heavy (non-hydrogen) atoms. The summed E-state index contributed by atoms with van der Waals surface area (Å²) >= 11 is 0. The molecule has 2 aromatic heterocycles. The molecular weight excluding hydrogens is 637 g/mol. The molecule has 0 radical (unpaired) electrons. The molecule has 4 rings (SSSR count). The summed E-state index contributed by atoms with van der Waals surface area (Å²) in [6, 6.07) is 25.7. The van der Waals surface area contributed by atoms with Crippen molar-refractivity contribution in [2.75, 3.05) is 13.2 Å². The predicted octanol–water partition coefficient (Wildman–Crippen LogP) is 12.3. The highest BCUT2D eigenvalue weighted by Crippen LogP contribution is 2.17. The van der Waals surface area contributed by atoms with Crippen molar-refractivity contribution in [3.05, 3.63) is 120 Å². The second-order valence-electron chi connectivity index (χ2n) is 14.2. The second kappa shape index (κ2) is 25.7. The number of pyridine rings is 2. The van der Waals surface area contributed by atoms with E-state index in [1.807, 2.05) is 0 Å². The Balaban J connectivity index is 1.02. The average molecular weight is 703 g/mol. The summed E-state index contributed by atoms with van der Waals surface area (Å²) in [5.41, 5.74) is 4.84. The van der Waals surface area contributed by atoms with Crippen molar-refractivity contribution in [2.45, 2.75) is 130 Å². The van der Waals surface area contributed by atoms with Gasteiger partial charge in [0, 0.05) is 37.1 Å². The fourth-order valence-corrected chi connectivity index (χ4v) is 6.28. The summed E-state index contributed by atoms with van der Waals surface area (Å²) in [7, 11) is 0. The normalized spacial score (nSPS) is 11.5. The van der Waals surface area contributed by atoms with Gasteiger partial charge in [-0.1, -0.05) is 127 Å². The van der Waals surface area contributed by atoms with E-state index >= 15 is 0 Å². The molecule has 0 aliphatic heterocycles. The van der Waals surface area contributed by atoms with Crippen molar-refractivity contribution in [1.29, 1.82) is 0 Å². The Morgan fingerprint density at radius 1 is 0.365 bits per heavy atom. The number of unbranched alkanes of at least 4 members (excludes halogenated alkanes) is 13. The topological polar surface area (TPSA) is 26.2 Å². The maximum atomic E-state index is 5.90. The first kappa shape index (κ1) is 40.6. The third-order valence-electron chi connectivity index (χ3n) is 9.65. The van der Waals surface area contributed by atoms with Gasteiger partial charge in [0.15, 0.2) is 24.8 Å². The molecule has 0 spiro atoms. The maximum Gasteiger partial charge on any atom is 0.169 e. The van der Waals surface area contributed by atoms with Crippen LogP contribution in [-0.2, 0) is 13.1 Å². The van der Waals surface area contributed by atoms with Crippen molar-refractivity contribution in [2.24, 2.45) is 0 Å².